The smallest absolute Gasteiger partial charge is 0.313 e. The van der Waals surface area contributed by atoms with E-state index in [9.17, 15) is 14.7 Å². The monoisotopic (exact) mass is 327 g/mol. The average Bonchev–Trinajstić information content (AvgIpc) is 2.92. The van der Waals surface area contributed by atoms with Crippen molar-refractivity contribution in [1.82, 2.24) is 4.90 Å². The number of hydrogen-bond donors (Lipinski definition) is 1. The lowest BCUT2D eigenvalue weighted by Gasteiger charge is -2.23. The van der Waals surface area contributed by atoms with E-state index in [1.165, 1.54) is 12.0 Å². The standard InChI is InChI=1S/C15H18ClNO5/c1-21-10-15(14(19)20)6-7-17(9-15)13(18)8-22-12-5-3-2-4-11(12)16/h2-5H,6-10H2,1H3,(H,19,20). The molecule has 6 nitrogen and oxygen atoms in total. The van der Waals surface area contributed by atoms with Crippen LogP contribution in [-0.2, 0) is 14.3 Å². The number of amides is 1. The molecular formula is C15H18ClNO5. The Labute approximate surface area is 133 Å². The predicted molar refractivity (Wildman–Crippen MR) is 80.1 cm³/mol. The van der Waals surface area contributed by atoms with Crippen LogP contribution >= 0.6 is 11.6 Å². The Balaban J connectivity index is 1.94. The van der Waals surface area contributed by atoms with Crippen molar-refractivity contribution in [2.75, 3.05) is 33.4 Å². The van der Waals surface area contributed by atoms with Gasteiger partial charge >= 0.3 is 5.97 Å². The number of ether oxygens (including phenoxy) is 2. The van der Waals surface area contributed by atoms with Crippen LogP contribution in [0.1, 0.15) is 6.42 Å². The molecule has 1 aromatic carbocycles. The first-order chi connectivity index (χ1) is 10.5. The quantitative estimate of drug-likeness (QED) is 0.860. The van der Waals surface area contributed by atoms with Gasteiger partial charge in [-0.15, -0.1) is 0 Å². The van der Waals surface area contributed by atoms with Crippen molar-refractivity contribution < 1.29 is 24.2 Å². The Morgan fingerprint density at radius 2 is 2.14 bits per heavy atom. The van der Waals surface area contributed by atoms with Crippen molar-refractivity contribution in [3.63, 3.8) is 0 Å². The van der Waals surface area contributed by atoms with Gasteiger partial charge < -0.3 is 19.5 Å². The van der Waals surface area contributed by atoms with Gasteiger partial charge in [0.2, 0.25) is 0 Å². The number of carbonyl (C=O) groups is 2. The van der Waals surface area contributed by atoms with Gasteiger partial charge in [0, 0.05) is 20.2 Å². The number of rotatable bonds is 6. The molecule has 2 rings (SSSR count). The molecule has 1 amide bonds. The number of nitrogens with zero attached hydrogens (tertiary/aromatic N) is 1. The van der Waals surface area contributed by atoms with E-state index in [2.05, 4.69) is 0 Å². The molecule has 0 spiro atoms. The number of hydrogen-bond acceptors (Lipinski definition) is 4. The van der Waals surface area contributed by atoms with Crippen LogP contribution < -0.4 is 4.74 Å². The lowest BCUT2D eigenvalue weighted by atomic mass is 9.88. The average molecular weight is 328 g/mol. The van der Waals surface area contributed by atoms with Crippen LogP contribution in [0.25, 0.3) is 0 Å². The highest BCUT2D eigenvalue weighted by molar-refractivity contribution is 6.32. The first-order valence-electron chi connectivity index (χ1n) is 6.86. The molecule has 0 aromatic heterocycles. The van der Waals surface area contributed by atoms with Crippen molar-refractivity contribution >= 4 is 23.5 Å². The lowest BCUT2D eigenvalue weighted by Crippen LogP contribution is -2.41. The highest BCUT2D eigenvalue weighted by Gasteiger charge is 2.46. The van der Waals surface area contributed by atoms with E-state index in [0.29, 0.717) is 23.7 Å². The van der Waals surface area contributed by atoms with Crippen LogP contribution in [0.15, 0.2) is 24.3 Å². The Hall–Kier alpha value is -1.79. The van der Waals surface area contributed by atoms with Gasteiger partial charge in [0.1, 0.15) is 11.2 Å². The highest BCUT2D eigenvalue weighted by atomic mass is 35.5. The van der Waals surface area contributed by atoms with Gasteiger partial charge in [-0.2, -0.15) is 0 Å². The molecule has 1 unspecified atom stereocenters. The first-order valence-corrected chi connectivity index (χ1v) is 7.24. The molecule has 1 atom stereocenters. The molecule has 120 valence electrons. The molecule has 7 heteroatoms. The molecule has 22 heavy (non-hydrogen) atoms. The maximum atomic E-state index is 12.2. The van der Waals surface area contributed by atoms with Crippen LogP contribution in [0.4, 0.5) is 0 Å². The summed E-state index contributed by atoms with van der Waals surface area (Å²) in [6.07, 6.45) is 0.369. The van der Waals surface area contributed by atoms with Crippen LogP contribution in [0.2, 0.25) is 5.02 Å². The second kappa shape index (κ2) is 6.98. The zero-order valence-corrected chi connectivity index (χ0v) is 13.0. The summed E-state index contributed by atoms with van der Waals surface area (Å²) in [4.78, 5) is 25.1. The van der Waals surface area contributed by atoms with E-state index >= 15 is 0 Å². The number of carbonyl (C=O) groups excluding carboxylic acids is 1. The molecule has 1 fully saturated rings. The fraction of sp³-hybridized carbons (Fsp3) is 0.467. The maximum Gasteiger partial charge on any atom is 0.313 e. The van der Waals surface area contributed by atoms with E-state index in [4.69, 9.17) is 21.1 Å². The van der Waals surface area contributed by atoms with Crippen LogP contribution in [0, 0.1) is 5.41 Å². The van der Waals surface area contributed by atoms with E-state index in [1.54, 1.807) is 24.3 Å². The van der Waals surface area contributed by atoms with Crippen LogP contribution in [0.5, 0.6) is 5.75 Å². The summed E-state index contributed by atoms with van der Waals surface area (Å²) in [5, 5.41) is 9.80. The third kappa shape index (κ3) is 3.51. The first kappa shape index (κ1) is 16.6. The van der Waals surface area contributed by atoms with Gasteiger partial charge in [-0.05, 0) is 18.6 Å². The van der Waals surface area contributed by atoms with E-state index < -0.39 is 11.4 Å². The summed E-state index contributed by atoms with van der Waals surface area (Å²) < 4.78 is 10.4. The fourth-order valence-electron chi connectivity index (χ4n) is 2.51. The topological polar surface area (TPSA) is 76.1 Å². The number of halogens is 1. The zero-order chi connectivity index (χ0) is 16.2. The normalized spacial score (nSPS) is 20.9. The van der Waals surface area contributed by atoms with Crippen LogP contribution in [-0.4, -0.2) is 55.3 Å². The Morgan fingerprint density at radius 1 is 1.41 bits per heavy atom. The summed E-state index contributed by atoms with van der Waals surface area (Å²) in [7, 11) is 1.45. The minimum atomic E-state index is -1.03. The second-order valence-electron chi connectivity index (χ2n) is 5.30. The van der Waals surface area contributed by atoms with Crippen molar-refractivity contribution in [3.8, 4) is 5.75 Å². The SMILES string of the molecule is COCC1(C(=O)O)CCN(C(=O)COc2ccccc2Cl)C1. The number of para-hydroxylation sites is 1. The number of aliphatic carboxylic acids is 1. The Bertz CT molecular complexity index is 565. The van der Waals surface area contributed by atoms with Crippen molar-refractivity contribution in [3.05, 3.63) is 29.3 Å². The van der Waals surface area contributed by atoms with E-state index in [0.717, 1.165) is 0 Å². The highest BCUT2D eigenvalue weighted by Crippen LogP contribution is 2.31. The van der Waals surface area contributed by atoms with Crippen LogP contribution in [0.3, 0.4) is 0 Å². The molecule has 0 bridgehead atoms. The predicted octanol–water partition coefficient (Wildman–Crippen LogP) is 1.67. The van der Waals surface area contributed by atoms with Gasteiger partial charge in [0.15, 0.2) is 6.61 Å². The lowest BCUT2D eigenvalue weighted by molar-refractivity contribution is -0.151. The van der Waals surface area contributed by atoms with Gasteiger partial charge in [-0.25, -0.2) is 0 Å². The minimum Gasteiger partial charge on any atom is -0.482 e. The number of carboxylic acids is 1. The molecule has 0 radical (unpaired) electrons. The summed E-state index contributed by atoms with van der Waals surface area (Å²) in [6.45, 7) is 0.408. The minimum absolute atomic E-state index is 0.0808. The van der Waals surface area contributed by atoms with E-state index in [-0.39, 0.29) is 25.7 Å². The van der Waals surface area contributed by atoms with Crippen molar-refractivity contribution in [2.45, 2.75) is 6.42 Å². The largest absolute Gasteiger partial charge is 0.482 e. The van der Waals surface area contributed by atoms with Gasteiger partial charge in [0.25, 0.3) is 5.91 Å². The molecule has 1 aliphatic heterocycles. The fourth-order valence-corrected chi connectivity index (χ4v) is 2.70. The van der Waals surface area contributed by atoms with Gasteiger partial charge in [-0.1, -0.05) is 23.7 Å². The van der Waals surface area contributed by atoms with Gasteiger partial charge in [0.05, 0.1) is 11.6 Å². The number of likely N-dealkylation sites (tertiary alicyclic amines) is 1. The van der Waals surface area contributed by atoms with Crippen molar-refractivity contribution in [1.29, 1.82) is 0 Å². The molecule has 1 saturated heterocycles. The molecule has 1 aromatic rings. The molecule has 1 N–H and O–H groups in total. The summed E-state index contributed by atoms with van der Waals surface area (Å²) in [5.41, 5.74) is -1.03. The second-order valence-corrected chi connectivity index (χ2v) is 5.71. The third-order valence-corrected chi connectivity index (χ3v) is 4.08. The van der Waals surface area contributed by atoms with E-state index in [1.807, 2.05) is 0 Å². The molecule has 0 aliphatic carbocycles. The Morgan fingerprint density at radius 3 is 2.77 bits per heavy atom. The zero-order valence-electron chi connectivity index (χ0n) is 12.3. The molecule has 0 saturated carbocycles. The summed E-state index contributed by atoms with van der Waals surface area (Å²) in [5.74, 6) is -0.783. The number of methoxy groups -OCH3 is 1. The molecule has 1 aliphatic rings. The summed E-state index contributed by atoms with van der Waals surface area (Å²) in [6, 6.07) is 6.87. The number of benzene rings is 1. The maximum absolute atomic E-state index is 12.2. The Kier molecular flexibility index (Phi) is 5.26. The molecular weight excluding hydrogens is 310 g/mol. The number of carboxylic acid groups (broad SMARTS) is 1. The molecule has 1 heterocycles. The third-order valence-electron chi connectivity index (χ3n) is 3.77. The van der Waals surface area contributed by atoms with Crippen molar-refractivity contribution in [2.24, 2.45) is 5.41 Å². The summed E-state index contributed by atoms with van der Waals surface area (Å²) >= 11 is 5.95. The van der Waals surface area contributed by atoms with Gasteiger partial charge in [-0.3, -0.25) is 9.59 Å².